The Bertz CT molecular complexity index is 693. The highest BCUT2D eigenvalue weighted by Gasteiger charge is 2.27. The van der Waals surface area contributed by atoms with Crippen molar-refractivity contribution in [1.82, 2.24) is 19.8 Å². The van der Waals surface area contributed by atoms with Crippen LogP contribution in [0.15, 0.2) is 18.2 Å². The highest BCUT2D eigenvalue weighted by atomic mass is 19.1. The molecular formula is C16H21FN4O. The first-order valence-corrected chi connectivity index (χ1v) is 7.62. The Morgan fingerprint density at radius 1 is 1.50 bits per heavy atom. The zero-order valence-corrected chi connectivity index (χ0v) is 13.0. The Morgan fingerprint density at radius 3 is 3.00 bits per heavy atom. The van der Waals surface area contributed by atoms with E-state index < -0.39 is 0 Å². The van der Waals surface area contributed by atoms with E-state index in [1.165, 1.54) is 25.0 Å². The van der Waals surface area contributed by atoms with Gasteiger partial charge in [0.2, 0.25) is 5.91 Å². The molecule has 1 saturated carbocycles. The Labute approximate surface area is 129 Å². The number of carbonyl (C=O) groups excluding carboxylic acids is 1. The number of fused-ring (bicyclic) bond motifs is 1. The molecule has 1 aliphatic rings. The van der Waals surface area contributed by atoms with Gasteiger partial charge in [-0.25, -0.2) is 9.37 Å². The normalized spacial score (nSPS) is 14.7. The van der Waals surface area contributed by atoms with Crippen LogP contribution in [0.4, 0.5) is 4.39 Å². The average molecular weight is 304 g/mol. The molecule has 0 spiro atoms. The number of hydrogen-bond donors (Lipinski definition) is 1. The number of amides is 1. The molecule has 1 aromatic heterocycles. The number of halogens is 1. The molecule has 0 unspecified atom stereocenters. The highest BCUT2D eigenvalue weighted by Crippen LogP contribution is 2.24. The first-order valence-electron chi connectivity index (χ1n) is 7.62. The average Bonchev–Trinajstić information content (AvgIpc) is 3.26. The number of rotatable bonds is 6. The van der Waals surface area contributed by atoms with Crippen molar-refractivity contribution in [1.29, 1.82) is 0 Å². The van der Waals surface area contributed by atoms with Gasteiger partial charge in [-0.3, -0.25) is 9.69 Å². The van der Waals surface area contributed by atoms with Gasteiger partial charge in [0.15, 0.2) is 0 Å². The molecule has 1 fully saturated rings. The molecule has 118 valence electrons. The topological polar surface area (TPSA) is 50.2 Å². The van der Waals surface area contributed by atoms with Gasteiger partial charge in [-0.2, -0.15) is 0 Å². The van der Waals surface area contributed by atoms with Crippen LogP contribution in [-0.4, -0.2) is 46.5 Å². The number of imidazole rings is 1. The second-order valence-corrected chi connectivity index (χ2v) is 5.97. The van der Waals surface area contributed by atoms with Gasteiger partial charge in [0, 0.05) is 32.1 Å². The summed E-state index contributed by atoms with van der Waals surface area (Å²) in [6, 6.07) is 5.18. The van der Waals surface area contributed by atoms with Crippen molar-refractivity contribution in [3.8, 4) is 0 Å². The van der Waals surface area contributed by atoms with Gasteiger partial charge in [-0.15, -0.1) is 0 Å². The summed E-state index contributed by atoms with van der Waals surface area (Å²) in [6.45, 7) is 0.982. The molecule has 1 aliphatic carbocycles. The van der Waals surface area contributed by atoms with E-state index in [0.717, 1.165) is 11.3 Å². The Kier molecular flexibility index (Phi) is 4.11. The van der Waals surface area contributed by atoms with Crippen LogP contribution in [0.5, 0.6) is 0 Å². The van der Waals surface area contributed by atoms with Crippen molar-refractivity contribution in [2.45, 2.75) is 25.3 Å². The maximum atomic E-state index is 13.2. The minimum absolute atomic E-state index is 0.0409. The van der Waals surface area contributed by atoms with E-state index in [4.69, 9.17) is 0 Å². The number of benzene rings is 1. The van der Waals surface area contributed by atoms with E-state index in [0.29, 0.717) is 31.1 Å². The molecule has 1 aromatic carbocycles. The number of aryl methyl sites for hydroxylation is 1. The lowest BCUT2D eigenvalue weighted by atomic mass is 10.3. The van der Waals surface area contributed by atoms with Gasteiger partial charge in [-0.1, -0.05) is 0 Å². The lowest BCUT2D eigenvalue weighted by molar-refractivity contribution is -0.122. The highest BCUT2D eigenvalue weighted by molar-refractivity contribution is 5.78. The number of likely N-dealkylation sites (N-methyl/N-ethyl adjacent to an activating group) is 1. The van der Waals surface area contributed by atoms with Crippen LogP contribution in [0.3, 0.4) is 0 Å². The van der Waals surface area contributed by atoms with Gasteiger partial charge < -0.3 is 9.88 Å². The molecule has 0 radical (unpaired) electrons. The summed E-state index contributed by atoms with van der Waals surface area (Å²) in [4.78, 5) is 18.4. The number of hydrogen-bond acceptors (Lipinski definition) is 3. The van der Waals surface area contributed by atoms with Crippen molar-refractivity contribution in [3.63, 3.8) is 0 Å². The molecule has 1 N–H and O–H groups in total. The zero-order valence-electron chi connectivity index (χ0n) is 13.0. The van der Waals surface area contributed by atoms with E-state index >= 15 is 0 Å². The summed E-state index contributed by atoms with van der Waals surface area (Å²) in [5.74, 6) is 0.601. The maximum absolute atomic E-state index is 13.2. The first kappa shape index (κ1) is 15.0. The lowest BCUT2D eigenvalue weighted by Crippen LogP contribution is -2.37. The van der Waals surface area contributed by atoms with Crippen LogP contribution in [0, 0.1) is 5.82 Å². The molecule has 2 aromatic rings. The van der Waals surface area contributed by atoms with Crippen molar-refractivity contribution in [2.75, 3.05) is 20.1 Å². The number of carbonyl (C=O) groups is 1. The number of aromatic nitrogens is 2. The zero-order chi connectivity index (χ0) is 15.7. The van der Waals surface area contributed by atoms with E-state index in [2.05, 4.69) is 15.2 Å². The summed E-state index contributed by atoms with van der Waals surface area (Å²) < 4.78 is 15.2. The van der Waals surface area contributed by atoms with Gasteiger partial charge in [0.1, 0.15) is 11.6 Å². The van der Waals surface area contributed by atoms with Crippen molar-refractivity contribution >= 4 is 16.9 Å². The standard InChI is InChI=1S/C16H21FN4O/c1-20(12-4-5-12)10-16(22)18-8-7-15-19-13-9-11(17)3-6-14(13)21(15)2/h3,6,9,12H,4-5,7-8,10H2,1-2H3,(H,18,22). The molecule has 0 bridgehead atoms. The number of nitrogens with one attached hydrogen (secondary N) is 1. The predicted molar refractivity (Wildman–Crippen MR) is 83.0 cm³/mol. The fraction of sp³-hybridized carbons (Fsp3) is 0.500. The molecule has 0 saturated heterocycles. The summed E-state index contributed by atoms with van der Waals surface area (Å²) in [5, 5.41) is 2.92. The van der Waals surface area contributed by atoms with Crippen LogP contribution in [0.2, 0.25) is 0 Å². The molecule has 1 heterocycles. The van der Waals surface area contributed by atoms with Gasteiger partial charge in [-0.05, 0) is 32.0 Å². The first-order chi connectivity index (χ1) is 10.5. The Morgan fingerprint density at radius 2 is 2.27 bits per heavy atom. The van der Waals surface area contributed by atoms with E-state index in [1.807, 2.05) is 18.7 Å². The third-order valence-electron chi connectivity index (χ3n) is 4.17. The third kappa shape index (κ3) is 3.27. The summed E-state index contributed by atoms with van der Waals surface area (Å²) in [6.07, 6.45) is 3.02. The Hall–Kier alpha value is -1.95. The molecule has 22 heavy (non-hydrogen) atoms. The van der Waals surface area contributed by atoms with E-state index in [-0.39, 0.29) is 11.7 Å². The molecule has 0 atom stereocenters. The molecule has 1 amide bonds. The second kappa shape index (κ2) is 6.04. The van der Waals surface area contributed by atoms with Gasteiger partial charge in [0.05, 0.1) is 17.6 Å². The largest absolute Gasteiger partial charge is 0.355 e. The number of nitrogens with zero attached hydrogens (tertiary/aromatic N) is 3. The molecular weight excluding hydrogens is 283 g/mol. The second-order valence-electron chi connectivity index (χ2n) is 5.97. The smallest absolute Gasteiger partial charge is 0.234 e. The van der Waals surface area contributed by atoms with Crippen molar-refractivity contribution in [3.05, 3.63) is 29.8 Å². The van der Waals surface area contributed by atoms with Crippen LogP contribution in [-0.2, 0) is 18.3 Å². The van der Waals surface area contributed by atoms with Crippen LogP contribution in [0.1, 0.15) is 18.7 Å². The van der Waals surface area contributed by atoms with E-state index in [9.17, 15) is 9.18 Å². The molecule has 0 aliphatic heterocycles. The van der Waals surface area contributed by atoms with E-state index in [1.54, 1.807) is 6.07 Å². The van der Waals surface area contributed by atoms with Crippen LogP contribution >= 0.6 is 0 Å². The Balaban J connectivity index is 1.55. The predicted octanol–water partition coefficient (Wildman–Crippen LogP) is 1.47. The summed E-state index contributed by atoms with van der Waals surface area (Å²) in [5.41, 5.74) is 1.55. The van der Waals surface area contributed by atoms with Crippen LogP contribution in [0.25, 0.3) is 11.0 Å². The fourth-order valence-electron chi connectivity index (χ4n) is 2.69. The van der Waals surface area contributed by atoms with Crippen LogP contribution < -0.4 is 5.32 Å². The lowest BCUT2D eigenvalue weighted by Gasteiger charge is -2.14. The van der Waals surface area contributed by atoms with Crippen molar-refractivity contribution < 1.29 is 9.18 Å². The maximum Gasteiger partial charge on any atom is 0.234 e. The minimum Gasteiger partial charge on any atom is -0.355 e. The SMILES string of the molecule is CN(CC(=O)NCCc1nc2cc(F)ccc2n1C)C1CC1. The third-order valence-corrected chi connectivity index (χ3v) is 4.17. The summed E-state index contributed by atoms with van der Waals surface area (Å²) in [7, 11) is 3.89. The van der Waals surface area contributed by atoms with Gasteiger partial charge >= 0.3 is 0 Å². The van der Waals surface area contributed by atoms with Gasteiger partial charge in [0.25, 0.3) is 0 Å². The molecule has 5 nitrogen and oxygen atoms in total. The summed E-state index contributed by atoms with van der Waals surface area (Å²) >= 11 is 0. The monoisotopic (exact) mass is 304 g/mol. The quantitative estimate of drug-likeness (QED) is 0.879. The fourth-order valence-corrected chi connectivity index (χ4v) is 2.69. The molecule has 6 heteroatoms. The molecule has 3 rings (SSSR count). The van der Waals surface area contributed by atoms with Crippen molar-refractivity contribution in [2.24, 2.45) is 7.05 Å². The minimum atomic E-state index is -0.284.